The standard InChI is InChI=1S/C16H21ClFN/c17-11-13-6-3-8-14(18)16(13)19-10-4-7-12-5-1-2-9-15(12)19/h3,6,8,12,15H,1-2,4-5,7,9-11H2. The van der Waals surface area contributed by atoms with Gasteiger partial charge in [-0.05, 0) is 43.2 Å². The van der Waals surface area contributed by atoms with Crippen LogP contribution in [-0.4, -0.2) is 12.6 Å². The van der Waals surface area contributed by atoms with Crippen LogP contribution in [0.25, 0.3) is 0 Å². The number of nitrogens with zero attached hydrogens (tertiary/aromatic N) is 1. The van der Waals surface area contributed by atoms with Gasteiger partial charge < -0.3 is 4.90 Å². The third kappa shape index (κ3) is 2.47. The fourth-order valence-electron chi connectivity index (χ4n) is 3.89. The van der Waals surface area contributed by atoms with E-state index in [2.05, 4.69) is 4.90 Å². The van der Waals surface area contributed by atoms with Crippen LogP contribution in [0.15, 0.2) is 18.2 Å². The lowest BCUT2D eigenvalue weighted by atomic mass is 9.78. The van der Waals surface area contributed by atoms with Crippen molar-refractivity contribution < 1.29 is 4.39 Å². The predicted molar refractivity (Wildman–Crippen MR) is 78.3 cm³/mol. The Morgan fingerprint density at radius 3 is 2.79 bits per heavy atom. The first-order valence-electron chi connectivity index (χ1n) is 7.41. The molecule has 0 aromatic heterocycles. The van der Waals surface area contributed by atoms with Crippen LogP contribution in [0.3, 0.4) is 0 Å². The number of para-hydroxylation sites is 1. The van der Waals surface area contributed by atoms with Gasteiger partial charge in [-0.1, -0.05) is 25.0 Å². The van der Waals surface area contributed by atoms with E-state index in [1.807, 2.05) is 6.07 Å². The number of hydrogen-bond donors (Lipinski definition) is 0. The summed E-state index contributed by atoms with van der Waals surface area (Å²) in [6.45, 7) is 0.978. The molecule has 1 aromatic rings. The topological polar surface area (TPSA) is 3.24 Å². The zero-order valence-electron chi connectivity index (χ0n) is 11.2. The maximum absolute atomic E-state index is 14.3. The van der Waals surface area contributed by atoms with E-state index < -0.39 is 0 Å². The van der Waals surface area contributed by atoms with Crippen molar-refractivity contribution in [2.24, 2.45) is 5.92 Å². The highest BCUT2D eigenvalue weighted by molar-refractivity contribution is 6.17. The molecule has 19 heavy (non-hydrogen) atoms. The van der Waals surface area contributed by atoms with Crippen molar-refractivity contribution in [3.05, 3.63) is 29.6 Å². The molecular formula is C16H21ClFN. The number of fused-ring (bicyclic) bond motifs is 1. The highest BCUT2D eigenvalue weighted by Gasteiger charge is 2.34. The molecule has 0 spiro atoms. The minimum atomic E-state index is -0.107. The Morgan fingerprint density at radius 1 is 1.16 bits per heavy atom. The van der Waals surface area contributed by atoms with Gasteiger partial charge in [-0.2, -0.15) is 0 Å². The largest absolute Gasteiger partial charge is 0.366 e. The summed E-state index contributed by atoms with van der Waals surface area (Å²) in [4.78, 5) is 2.32. The van der Waals surface area contributed by atoms with E-state index >= 15 is 0 Å². The summed E-state index contributed by atoms with van der Waals surface area (Å²) in [5.41, 5.74) is 1.71. The summed E-state index contributed by atoms with van der Waals surface area (Å²) in [7, 11) is 0. The summed E-state index contributed by atoms with van der Waals surface area (Å²) in [5, 5.41) is 0. The molecular weight excluding hydrogens is 261 g/mol. The van der Waals surface area contributed by atoms with E-state index in [1.54, 1.807) is 12.1 Å². The van der Waals surface area contributed by atoms with Gasteiger partial charge in [-0.3, -0.25) is 0 Å². The van der Waals surface area contributed by atoms with E-state index in [1.165, 1.54) is 38.5 Å². The molecule has 2 aliphatic rings. The van der Waals surface area contributed by atoms with Gasteiger partial charge in [0.05, 0.1) is 5.69 Å². The number of piperidine rings is 1. The number of benzene rings is 1. The van der Waals surface area contributed by atoms with Gasteiger partial charge in [0.2, 0.25) is 0 Å². The fourth-order valence-corrected chi connectivity index (χ4v) is 4.11. The third-order valence-corrected chi connectivity index (χ3v) is 5.03. The van der Waals surface area contributed by atoms with Crippen molar-refractivity contribution in [1.29, 1.82) is 0 Å². The van der Waals surface area contributed by atoms with Crippen LogP contribution in [0, 0.1) is 11.7 Å². The number of rotatable bonds is 2. The quantitative estimate of drug-likeness (QED) is 0.709. The number of halogens is 2. The third-order valence-electron chi connectivity index (χ3n) is 4.74. The maximum atomic E-state index is 14.3. The van der Waals surface area contributed by atoms with Crippen molar-refractivity contribution in [2.45, 2.75) is 50.4 Å². The Balaban J connectivity index is 1.96. The second-order valence-corrected chi connectivity index (χ2v) is 6.10. The van der Waals surface area contributed by atoms with Crippen molar-refractivity contribution in [2.75, 3.05) is 11.4 Å². The molecule has 1 saturated heterocycles. The summed E-state index contributed by atoms with van der Waals surface area (Å²) in [5.74, 6) is 1.04. The molecule has 0 amide bonds. The van der Waals surface area contributed by atoms with Crippen LogP contribution < -0.4 is 4.90 Å². The van der Waals surface area contributed by atoms with Crippen molar-refractivity contribution in [3.8, 4) is 0 Å². The molecule has 2 fully saturated rings. The molecule has 0 bridgehead atoms. The van der Waals surface area contributed by atoms with E-state index in [4.69, 9.17) is 11.6 Å². The van der Waals surface area contributed by atoms with E-state index in [-0.39, 0.29) is 5.82 Å². The second kappa shape index (κ2) is 5.70. The van der Waals surface area contributed by atoms with Gasteiger partial charge in [0.15, 0.2) is 0 Å². The Kier molecular flexibility index (Phi) is 3.97. The lowest BCUT2D eigenvalue weighted by Gasteiger charge is -2.46. The Bertz CT molecular complexity index is 446. The minimum absolute atomic E-state index is 0.107. The first-order valence-corrected chi connectivity index (χ1v) is 7.94. The number of anilines is 1. The first kappa shape index (κ1) is 13.2. The minimum Gasteiger partial charge on any atom is -0.366 e. The Labute approximate surface area is 119 Å². The average Bonchev–Trinajstić information content (AvgIpc) is 2.46. The molecule has 1 nitrogen and oxygen atoms in total. The van der Waals surface area contributed by atoms with Crippen LogP contribution in [0.2, 0.25) is 0 Å². The van der Waals surface area contributed by atoms with Gasteiger partial charge in [0.1, 0.15) is 5.82 Å². The molecule has 0 N–H and O–H groups in total. The number of alkyl halides is 1. The fraction of sp³-hybridized carbons (Fsp3) is 0.625. The van der Waals surface area contributed by atoms with Crippen LogP contribution in [0.5, 0.6) is 0 Å². The lowest BCUT2D eigenvalue weighted by molar-refractivity contribution is 0.242. The SMILES string of the molecule is Fc1cccc(CCl)c1N1CCCC2CCCCC21. The summed E-state index contributed by atoms with van der Waals surface area (Å²) < 4.78 is 14.3. The molecule has 3 heteroatoms. The molecule has 3 rings (SSSR count). The van der Waals surface area contributed by atoms with Crippen LogP contribution in [0.1, 0.15) is 44.1 Å². The zero-order valence-corrected chi connectivity index (χ0v) is 12.0. The summed E-state index contributed by atoms with van der Waals surface area (Å²) >= 11 is 6.01. The van der Waals surface area contributed by atoms with E-state index in [0.29, 0.717) is 11.9 Å². The highest BCUT2D eigenvalue weighted by Crippen LogP contribution is 2.39. The van der Waals surface area contributed by atoms with Crippen LogP contribution >= 0.6 is 11.6 Å². The molecule has 1 saturated carbocycles. The van der Waals surface area contributed by atoms with Crippen molar-refractivity contribution >= 4 is 17.3 Å². The Hall–Kier alpha value is -0.760. The normalized spacial score (nSPS) is 27.2. The molecule has 2 unspecified atom stereocenters. The van der Waals surface area contributed by atoms with Crippen LogP contribution in [0.4, 0.5) is 10.1 Å². The van der Waals surface area contributed by atoms with E-state index in [0.717, 1.165) is 23.7 Å². The molecule has 2 atom stereocenters. The molecule has 1 heterocycles. The van der Waals surface area contributed by atoms with Gasteiger partial charge in [0, 0.05) is 18.5 Å². The number of hydrogen-bond acceptors (Lipinski definition) is 1. The summed E-state index contributed by atoms with van der Waals surface area (Å²) in [6.07, 6.45) is 7.63. The van der Waals surface area contributed by atoms with Gasteiger partial charge in [-0.15, -0.1) is 11.6 Å². The predicted octanol–water partition coefficient (Wildman–Crippen LogP) is 4.72. The zero-order chi connectivity index (χ0) is 13.2. The highest BCUT2D eigenvalue weighted by atomic mass is 35.5. The second-order valence-electron chi connectivity index (χ2n) is 5.83. The molecule has 1 aliphatic carbocycles. The molecule has 1 aromatic carbocycles. The van der Waals surface area contributed by atoms with Gasteiger partial charge >= 0.3 is 0 Å². The smallest absolute Gasteiger partial charge is 0.146 e. The average molecular weight is 282 g/mol. The molecule has 0 radical (unpaired) electrons. The van der Waals surface area contributed by atoms with Gasteiger partial charge in [-0.25, -0.2) is 4.39 Å². The van der Waals surface area contributed by atoms with Crippen molar-refractivity contribution in [3.63, 3.8) is 0 Å². The monoisotopic (exact) mass is 281 g/mol. The van der Waals surface area contributed by atoms with Crippen LogP contribution in [-0.2, 0) is 5.88 Å². The Morgan fingerprint density at radius 2 is 1.95 bits per heavy atom. The van der Waals surface area contributed by atoms with Gasteiger partial charge in [0.25, 0.3) is 0 Å². The lowest BCUT2D eigenvalue weighted by Crippen LogP contribution is -2.47. The molecule has 1 aliphatic heterocycles. The maximum Gasteiger partial charge on any atom is 0.146 e. The van der Waals surface area contributed by atoms with Crippen molar-refractivity contribution in [1.82, 2.24) is 0 Å². The first-order chi connectivity index (χ1) is 9.31. The van der Waals surface area contributed by atoms with E-state index in [9.17, 15) is 4.39 Å². The summed E-state index contributed by atoms with van der Waals surface area (Å²) in [6, 6.07) is 5.82. The molecule has 104 valence electrons.